The van der Waals surface area contributed by atoms with Crippen molar-refractivity contribution in [3.63, 3.8) is 0 Å². The molecule has 0 aromatic heterocycles. The van der Waals surface area contributed by atoms with Gasteiger partial charge in [-0.05, 0) is 48.0 Å². The Balaban J connectivity index is 1.63. The van der Waals surface area contributed by atoms with Crippen molar-refractivity contribution in [1.29, 1.82) is 0 Å². The minimum Gasteiger partial charge on any atom is -0.497 e. The second kappa shape index (κ2) is 9.29. The van der Waals surface area contributed by atoms with Crippen molar-refractivity contribution in [3.8, 4) is 34.5 Å². The molecule has 0 radical (unpaired) electrons. The molecule has 0 aliphatic carbocycles. The van der Waals surface area contributed by atoms with Crippen LogP contribution in [0, 0.1) is 0 Å². The summed E-state index contributed by atoms with van der Waals surface area (Å²) in [7, 11) is 8.08. The van der Waals surface area contributed by atoms with Crippen LogP contribution < -0.4 is 28.4 Å². The lowest BCUT2D eigenvalue weighted by Gasteiger charge is -2.38. The Morgan fingerprint density at radius 3 is 2.09 bits per heavy atom. The van der Waals surface area contributed by atoms with E-state index in [1.54, 1.807) is 35.5 Å². The molecule has 0 saturated carbocycles. The Hall–Kier alpha value is -4.07. The van der Waals surface area contributed by atoms with Gasteiger partial charge in [0.1, 0.15) is 5.75 Å². The number of methoxy groups -OCH3 is 5. The first-order chi connectivity index (χ1) is 17.1. The fourth-order valence-electron chi connectivity index (χ4n) is 4.67. The van der Waals surface area contributed by atoms with Gasteiger partial charge in [0.05, 0.1) is 47.3 Å². The van der Waals surface area contributed by atoms with E-state index in [0.717, 1.165) is 34.6 Å². The molecule has 0 spiro atoms. The van der Waals surface area contributed by atoms with Crippen molar-refractivity contribution in [1.82, 2.24) is 5.01 Å². The van der Waals surface area contributed by atoms with Crippen molar-refractivity contribution in [2.45, 2.75) is 18.7 Å². The number of benzene rings is 3. The number of para-hydroxylation sites is 1. The molecule has 2 heterocycles. The summed E-state index contributed by atoms with van der Waals surface area (Å²) in [5.41, 5.74) is 3.85. The fraction of sp³-hybridized carbons (Fsp3) is 0.296. The third kappa shape index (κ3) is 3.84. The van der Waals surface area contributed by atoms with Crippen LogP contribution in [0.15, 0.2) is 59.7 Å². The maximum absolute atomic E-state index is 6.57. The molecule has 2 aliphatic rings. The van der Waals surface area contributed by atoms with Crippen LogP contribution in [0.2, 0.25) is 0 Å². The smallest absolute Gasteiger partial charge is 0.214 e. The fourth-order valence-corrected chi connectivity index (χ4v) is 4.67. The average Bonchev–Trinajstić information content (AvgIpc) is 3.37. The van der Waals surface area contributed by atoms with Gasteiger partial charge in [-0.3, -0.25) is 0 Å². The van der Waals surface area contributed by atoms with Gasteiger partial charge in [0, 0.05) is 17.5 Å². The highest BCUT2D eigenvalue weighted by Gasteiger charge is 2.42. The van der Waals surface area contributed by atoms with Crippen molar-refractivity contribution >= 4 is 5.71 Å². The quantitative estimate of drug-likeness (QED) is 0.477. The van der Waals surface area contributed by atoms with Crippen LogP contribution in [0.4, 0.5) is 0 Å². The molecule has 8 heteroatoms. The van der Waals surface area contributed by atoms with E-state index in [1.165, 1.54) is 0 Å². The van der Waals surface area contributed by atoms with E-state index < -0.39 is 6.23 Å². The number of hydrogen-bond donors (Lipinski definition) is 0. The first kappa shape index (κ1) is 22.7. The second-order valence-electron chi connectivity index (χ2n) is 8.18. The second-order valence-corrected chi connectivity index (χ2v) is 8.18. The van der Waals surface area contributed by atoms with E-state index in [-0.39, 0.29) is 6.04 Å². The van der Waals surface area contributed by atoms with Gasteiger partial charge >= 0.3 is 0 Å². The van der Waals surface area contributed by atoms with Crippen LogP contribution in [-0.2, 0) is 0 Å². The Bertz CT molecular complexity index is 1230. The van der Waals surface area contributed by atoms with E-state index in [9.17, 15) is 0 Å². The minimum atomic E-state index is -0.534. The van der Waals surface area contributed by atoms with Gasteiger partial charge in [-0.2, -0.15) is 5.10 Å². The first-order valence-electron chi connectivity index (χ1n) is 11.3. The summed E-state index contributed by atoms with van der Waals surface area (Å²) in [6.45, 7) is 0. The van der Waals surface area contributed by atoms with Crippen LogP contribution in [0.3, 0.4) is 0 Å². The zero-order valence-electron chi connectivity index (χ0n) is 20.4. The van der Waals surface area contributed by atoms with Crippen LogP contribution in [0.5, 0.6) is 34.5 Å². The summed E-state index contributed by atoms with van der Waals surface area (Å²) in [5, 5.41) is 7.03. The maximum atomic E-state index is 6.57. The zero-order valence-corrected chi connectivity index (χ0v) is 20.4. The zero-order chi connectivity index (χ0) is 24.5. The largest absolute Gasteiger partial charge is 0.497 e. The molecule has 8 nitrogen and oxygen atoms in total. The molecule has 2 atom stereocenters. The Labute approximate surface area is 204 Å². The topological polar surface area (TPSA) is 71.0 Å². The van der Waals surface area contributed by atoms with E-state index >= 15 is 0 Å². The molecule has 0 unspecified atom stereocenters. The summed E-state index contributed by atoms with van der Waals surface area (Å²) in [4.78, 5) is 0. The Kier molecular flexibility index (Phi) is 6.03. The number of hydrogen-bond acceptors (Lipinski definition) is 8. The molecule has 0 bridgehead atoms. The third-order valence-corrected chi connectivity index (χ3v) is 6.40. The average molecular weight is 477 g/mol. The summed E-state index contributed by atoms with van der Waals surface area (Å²) in [5.74, 6) is 3.81. The minimum absolute atomic E-state index is 0.0324. The molecule has 2 aliphatic heterocycles. The van der Waals surface area contributed by atoms with E-state index in [2.05, 4.69) is 6.07 Å². The van der Waals surface area contributed by atoms with Gasteiger partial charge in [0.2, 0.25) is 12.0 Å². The normalized spacial score (nSPS) is 18.1. The monoisotopic (exact) mass is 476 g/mol. The molecule has 5 rings (SSSR count). The lowest BCUT2D eigenvalue weighted by molar-refractivity contribution is -0.0211. The van der Waals surface area contributed by atoms with Crippen LogP contribution in [0.1, 0.15) is 35.4 Å². The molecule has 0 amide bonds. The summed E-state index contributed by atoms with van der Waals surface area (Å²) < 4.78 is 34.2. The number of nitrogens with zero attached hydrogens (tertiary/aromatic N) is 2. The number of ether oxygens (including phenoxy) is 6. The number of fused-ring (bicyclic) bond motifs is 3. The van der Waals surface area contributed by atoms with Crippen molar-refractivity contribution in [3.05, 3.63) is 71.3 Å². The molecule has 35 heavy (non-hydrogen) atoms. The lowest BCUT2D eigenvalue weighted by atomic mass is 9.95. The predicted octanol–water partition coefficient (Wildman–Crippen LogP) is 4.97. The van der Waals surface area contributed by atoms with E-state index in [1.807, 2.05) is 53.5 Å². The lowest BCUT2D eigenvalue weighted by Crippen LogP contribution is -2.34. The molecular formula is C27H28N2O6. The molecule has 3 aromatic carbocycles. The van der Waals surface area contributed by atoms with Crippen molar-refractivity contribution in [2.24, 2.45) is 5.10 Å². The highest BCUT2D eigenvalue weighted by atomic mass is 16.5. The van der Waals surface area contributed by atoms with Crippen LogP contribution in [-0.4, -0.2) is 46.3 Å². The molecule has 3 aromatic rings. The first-order valence-corrected chi connectivity index (χ1v) is 11.3. The molecular weight excluding hydrogens is 448 g/mol. The molecule has 0 saturated heterocycles. The predicted molar refractivity (Wildman–Crippen MR) is 131 cm³/mol. The van der Waals surface area contributed by atoms with Crippen molar-refractivity contribution in [2.75, 3.05) is 35.5 Å². The van der Waals surface area contributed by atoms with Gasteiger partial charge in [-0.1, -0.05) is 12.1 Å². The molecule has 182 valence electrons. The summed E-state index contributed by atoms with van der Waals surface area (Å²) in [6.07, 6.45) is 0.185. The van der Waals surface area contributed by atoms with Crippen molar-refractivity contribution < 1.29 is 28.4 Å². The highest BCUT2D eigenvalue weighted by molar-refractivity contribution is 6.02. The van der Waals surface area contributed by atoms with Gasteiger partial charge in [-0.25, -0.2) is 5.01 Å². The van der Waals surface area contributed by atoms with E-state index in [4.69, 9.17) is 33.5 Å². The maximum Gasteiger partial charge on any atom is 0.214 e. The number of hydrazone groups is 1. The SMILES string of the molecule is COc1ccc(C2=NN3[C@@H](C2)c2cccc(OC)c2O[C@H]3c2cc(OC)c(OC)c(OC)c2)cc1. The Morgan fingerprint density at radius 1 is 0.800 bits per heavy atom. The van der Waals surface area contributed by atoms with Crippen LogP contribution >= 0.6 is 0 Å². The highest BCUT2D eigenvalue weighted by Crippen LogP contribution is 2.52. The van der Waals surface area contributed by atoms with Gasteiger partial charge in [0.15, 0.2) is 23.0 Å². The van der Waals surface area contributed by atoms with Gasteiger partial charge in [0.25, 0.3) is 0 Å². The standard InChI is InChI=1S/C27H28N2O6/c1-30-18-11-9-16(10-12-18)20-15-21-19-7-6-8-22(31-2)25(19)35-27(29(21)28-20)17-13-23(32-3)26(34-5)24(14-17)33-4/h6-14,21,27H,15H2,1-5H3/t21-,27-/m0/s1. The molecule has 0 N–H and O–H groups in total. The Morgan fingerprint density at radius 2 is 1.49 bits per heavy atom. The van der Waals surface area contributed by atoms with Crippen LogP contribution in [0.25, 0.3) is 0 Å². The molecule has 0 fully saturated rings. The number of rotatable bonds is 7. The van der Waals surface area contributed by atoms with E-state index in [0.29, 0.717) is 28.7 Å². The third-order valence-electron chi connectivity index (χ3n) is 6.40. The summed E-state index contributed by atoms with van der Waals surface area (Å²) in [6, 6.07) is 17.6. The van der Waals surface area contributed by atoms with Gasteiger partial charge in [-0.15, -0.1) is 0 Å². The summed E-state index contributed by atoms with van der Waals surface area (Å²) >= 11 is 0. The van der Waals surface area contributed by atoms with Gasteiger partial charge < -0.3 is 28.4 Å².